The molecule has 0 aliphatic carbocycles. The Morgan fingerprint density at radius 1 is 1.18 bits per heavy atom. The first-order valence-electron chi connectivity index (χ1n) is 5.79. The molecule has 3 heteroatoms. The molecule has 0 fully saturated rings. The summed E-state index contributed by atoms with van der Waals surface area (Å²) < 4.78 is 11.9. The van der Waals surface area contributed by atoms with E-state index >= 15 is 0 Å². The molecule has 0 N–H and O–H groups in total. The van der Waals surface area contributed by atoms with E-state index in [0.717, 1.165) is 4.90 Å². The molecule has 17 heavy (non-hydrogen) atoms. The number of Topliss-reactive ketones (excluding diaryl/α,β-unsaturated/α-hetero) is 1. The Balaban J connectivity index is 2.74. The number of rotatable bonds is 4. The van der Waals surface area contributed by atoms with Gasteiger partial charge in [-0.2, -0.15) is 0 Å². The maximum atomic E-state index is 11.9. The van der Waals surface area contributed by atoms with E-state index in [1.165, 1.54) is 12.5 Å². The molecule has 0 heterocycles. The van der Waals surface area contributed by atoms with E-state index in [1.807, 2.05) is 24.3 Å². The third-order valence-electron chi connectivity index (χ3n) is 2.62. The van der Waals surface area contributed by atoms with Crippen LogP contribution < -0.4 is 0 Å². The van der Waals surface area contributed by atoms with Crippen LogP contribution in [0.3, 0.4) is 0 Å². The Kier molecular flexibility index (Phi) is 4.63. The minimum atomic E-state index is -1.06. The molecule has 1 aromatic carbocycles. The first kappa shape index (κ1) is 14.1. The monoisotopic (exact) mass is 252 g/mol. The van der Waals surface area contributed by atoms with Gasteiger partial charge in [-0.25, -0.2) is 0 Å². The molecule has 0 saturated carbocycles. The van der Waals surface area contributed by atoms with Gasteiger partial charge < -0.3 is 0 Å². The summed E-state index contributed by atoms with van der Waals surface area (Å²) in [7, 11) is -1.06. The van der Waals surface area contributed by atoms with Gasteiger partial charge in [0.05, 0.1) is 10.8 Å². The van der Waals surface area contributed by atoms with Gasteiger partial charge in [0.15, 0.2) is 0 Å². The smallest absolute Gasteiger partial charge is 0.130 e. The summed E-state index contributed by atoms with van der Waals surface area (Å²) in [6, 6.07) is 7.83. The molecule has 0 spiro atoms. The summed E-state index contributed by atoms with van der Waals surface area (Å²) in [5.74, 6) is 0.508. The summed E-state index contributed by atoms with van der Waals surface area (Å²) in [4.78, 5) is 11.6. The Morgan fingerprint density at radius 2 is 1.71 bits per heavy atom. The van der Waals surface area contributed by atoms with Crippen molar-refractivity contribution in [3.63, 3.8) is 0 Å². The quantitative estimate of drug-likeness (QED) is 0.825. The van der Waals surface area contributed by atoms with Crippen molar-refractivity contribution in [1.82, 2.24) is 0 Å². The predicted octanol–water partition coefficient (Wildman–Crippen LogP) is 3.07. The Hall–Kier alpha value is -0.960. The average molecular weight is 252 g/mol. The average Bonchev–Trinajstić information content (AvgIpc) is 2.25. The van der Waals surface area contributed by atoms with Crippen molar-refractivity contribution in [2.75, 3.05) is 5.75 Å². The second-order valence-corrected chi connectivity index (χ2v) is 6.85. The molecule has 0 saturated heterocycles. The Bertz CT molecular complexity index is 413. The van der Waals surface area contributed by atoms with Crippen LogP contribution in [-0.2, 0) is 21.0 Å². The third-order valence-corrected chi connectivity index (χ3v) is 4.00. The highest BCUT2D eigenvalue weighted by Gasteiger charge is 2.13. The van der Waals surface area contributed by atoms with Gasteiger partial charge in [-0.3, -0.25) is 9.00 Å². The van der Waals surface area contributed by atoms with Crippen molar-refractivity contribution in [3.8, 4) is 0 Å². The lowest BCUT2D eigenvalue weighted by Gasteiger charge is -2.19. The molecular formula is C14H20O2S. The summed E-state index contributed by atoms with van der Waals surface area (Å²) >= 11 is 0. The molecule has 94 valence electrons. The van der Waals surface area contributed by atoms with Gasteiger partial charge in [0.2, 0.25) is 0 Å². The van der Waals surface area contributed by atoms with Crippen LogP contribution in [0, 0.1) is 0 Å². The molecule has 1 unspecified atom stereocenters. The summed E-state index contributed by atoms with van der Waals surface area (Å²) in [6.07, 6.45) is 0.383. The summed E-state index contributed by atoms with van der Waals surface area (Å²) in [6.45, 7) is 7.97. The van der Waals surface area contributed by atoms with E-state index < -0.39 is 10.8 Å². The second-order valence-electron chi connectivity index (χ2n) is 5.28. The van der Waals surface area contributed by atoms with Gasteiger partial charge in [-0.15, -0.1) is 0 Å². The Morgan fingerprint density at radius 3 is 2.12 bits per heavy atom. The number of hydrogen-bond acceptors (Lipinski definition) is 2. The molecule has 0 aliphatic rings. The molecule has 1 atom stereocenters. The van der Waals surface area contributed by atoms with E-state index in [1.54, 1.807) is 0 Å². The lowest BCUT2D eigenvalue weighted by atomic mass is 9.87. The van der Waals surface area contributed by atoms with Crippen LogP contribution in [0.1, 0.15) is 39.7 Å². The lowest BCUT2D eigenvalue weighted by Crippen LogP contribution is -2.11. The maximum Gasteiger partial charge on any atom is 0.130 e. The molecule has 0 aromatic heterocycles. The SMILES string of the molecule is CC(=O)CCS(=O)c1ccc(C(C)(C)C)cc1. The van der Waals surface area contributed by atoms with Crippen molar-refractivity contribution in [2.45, 2.75) is 44.4 Å². The Labute approximate surface area is 106 Å². The van der Waals surface area contributed by atoms with E-state index in [-0.39, 0.29) is 11.2 Å². The largest absolute Gasteiger partial charge is 0.300 e. The van der Waals surface area contributed by atoms with E-state index in [4.69, 9.17) is 0 Å². The van der Waals surface area contributed by atoms with Crippen LogP contribution in [0.4, 0.5) is 0 Å². The molecule has 0 radical (unpaired) electrons. The normalized spacial score (nSPS) is 13.4. The van der Waals surface area contributed by atoms with Crippen molar-refractivity contribution in [2.24, 2.45) is 0 Å². The van der Waals surface area contributed by atoms with Gasteiger partial charge in [0.1, 0.15) is 5.78 Å². The van der Waals surface area contributed by atoms with E-state index in [9.17, 15) is 9.00 Å². The van der Waals surface area contributed by atoms with Crippen molar-refractivity contribution < 1.29 is 9.00 Å². The highest BCUT2D eigenvalue weighted by Crippen LogP contribution is 2.23. The molecule has 0 aliphatic heterocycles. The minimum absolute atomic E-state index is 0.0876. The minimum Gasteiger partial charge on any atom is -0.300 e. The highest BCUT2D eigenvalue weighted by molar-refractivity contribution is 7.85. The van der Waals surface area contributed by atoms with Gasteiger partial charge >= 0.3 is 0 Å². The molecular weight excluding hydrogens is 232 g/mol. The van der Waals surface area contributed by atoms with Gasteiger partial charge in [-0.05, 0) is 30.0 Å². The number of hydrogen-bond donors (Lipinski definition) is 0. The first-order chi connectivity index (χ1) is 7.80. The van der Waals surface area contributed by atoms with Crippen molar-refractivity contribution >= 4 is 16.6 Å². The zero-order valence-corrected chi connectivity index (χ0v) is 11.8. The van der Waals surface area contributed by atoms with Crippen molar-refractivity contribution in [1.29, 1.82) is 0 Å². The van der Waals surface area contributed by atoms with E-state index in [2.05, 4.69) is 20.8 Å². The molecule has 1 aromatic rings. The zero-order chi connectivity index (χ0) is 13.1. The topological polar surface area (TPSA) is 34.1 Å². The van der Waals surface area contributed by atoms with Gasteiger partial charge in [0.25, 0.3) is 0 Å². The number of benzene rings is 1. The fourth-order valence-electron chi connectivity index (χ4n) is 1.46. The van der Waals surface area contributed by atoms with Gasteiger partial charge in [-0.1, -0.05) is 32.9 Å². The zero-order valence-electron chi connectivity index (χ0n) is 10.9. The first-order valence-corrected chi connectivity index (χ1v) is 7.11. The number of carbonyl (C=O) groups is 1. The molecule has 0 amide bonds. The number of carbonyl (C=O) groups excluding carboxylic acids is 1. The third kappa shape index (κ3) is 4.43. The fourth-order valence-corrected chi connectivity index (χ4v) is 2.61. The van der Waals surface area contributed by atoms with Crippen molar-refractivity contribution in [3.05, 3.63) is 29.8 Å². The molecule has 1 rings (SSSR count). The van der Waals surface area contributed by atoms with Crippen LogP contribution in [0.25, 0.3) is 0 Å². The van der Waals surface area contributed by atoms with Gasteiger partial charge in [0, 0.05) is 17.1 Å². The summed E-state index contributed by atoms with van der Waals surface area (Å²) in [5.41, 5.74) is 1.34. The van der Waals surface area contributed by atoms with Crippen LogP contribution in [0.15, 0.2) is 29.2 Å². The lowest BCUT2D eigenvalue weighted by molar-refractivity contribution is -0.116. The predicted molar refractivity (Wildman–Crippen MR) is 71.7 cm³/mol. The molecule has 2 nitrogen and oxygen atoms in total. The van der Waals surface area contributed by atoms with E-state index in [0.29, 0.717) is 12.2 Å². The van der Waals surface area contributed by atoms with Crippen LogP contribution >= 0.6 is 0 Å². The van der Waals surface area contributed by atoms with Crippen LogP contribution in [0.5, 0.6) is 0 Å². The fraction of sp³-hybridized carbons (Fsp3) is 0.500. The summed E-state index contributed by atoms with van der Waals surface area (Å²) in [5, 5.41) is 0. The van der Waals surface area contributed by atoms with Crippen LogP contribution in [-0.4, -0.2) is 15.7 Å². The number of ketones is 1. The standard InChI is InChI=1S/C14H20O2S/c1-11(15)9-10-17(16)13-7-5-12(6-8-13)14(2,3)4/h5-8H,9-10H2,1-4H3. The maximum absolute atomic E-state index is 11.9. The molecule has 0 bridgehead atoms. The highest BCUT2D eigenvalue weighted by atomic mass is 32.2. The van der Waals surface area contributed by atoms with Crippen LogP contribution in [0.2, 0.25) is 0 Å². The second kappa shape index (κ2) is 5.58.